The van der Waals surface area contributed by atoms with Crippen LogP contribution in [0, 0.1) is 0 Å². The molecule has 6 atom stereocenters. The van der Waals surface area contributed by atoms with Crippen molar-refractivity contribution in [2.24, 2.45) is 0 Å². The molecule has 1 aliphatic heterocycles. The molecule has 83 heavy (non-hydrogen) atoms. The van der Waals surface area contributed by atoms with Gasteiger partial charge in [0.1, 0.15) is 18.8 Å². The Morgan fingerprint density at radius 1 is 0.410 bits per heavy atom. The lowest BCUT2D eigenvalue weighted by molar-refractivity contribution is -0.301. The van der Waals surface area contributed by atoms with Gasteiger partial charge in [-0.3, -0.25) is 14.4 Å². The summed E-state index contributed by atoms with van der Waals surface area (Å²) in [7, 11) is 0. The third kappa shape index (κ3) is 48.3. The van der Waals surface area contributed by atoms with E-state index in [0.717, 1.165) is 77.0 Å². The van der Waals surface area contributed by atoms with Crippen LogP contribution in [0.1, 0.15) is 316 Å². The van der Waals surface area contributed by atoms with Crippen LogP contribution in [0.4, 0.5) is 0 Å². The van der Waals surface area contributed by atoms with Crippen molar-refractivity contribution in [2.75, 3.05) is 13.2 Å². The van der Waals surface area contributed by atoms with E-state index >= 15 is 0 Å². The van der Waals surface area contributed by atoms with Gasteiger partial charge in [0, 0.05) is 19.3 Å². The summed E-state index contributed by atoms with van der Waals surface area (Å²) in [5.74, 6) is -3.17. The smallest absolute Gasteiger partial charge is 0.335 e. The van der Waals surface area contributed by atoms with E-state index in [4.69, 9.17) is 23.7 Å². The molecular weight excluding hydrogens is 1040 g/mol. The summed E-state index contributed by atoms with van der Waals surface area (Å²) in [4.78, 5) is 51.4. The molecule has 0 aliphatic carbocycles. The molecule has 12 heteroatoms. The molecule has 6 unspecified atom stereocenters. The molecule has 1 saturated heterocycles. The lowest BCUT2D eigenvalue weighted by Crippen LogP contribution is -2.61. The molecule has 1 rings (SSSR count). The van der Waals surface area contributed by atoms with Crippen LogP contribution >= 0.6 is 0 Å². The quantitative estimate of drug-likeness (QED) is 0.0228. The van der Waals surface area contributed by atoms with Crippen molar-refractivity contribution in [3.05, 3.63) is 60.8 Å². The number of aliphatic hydroxyl groups excluding tert-OH is 2. The molecule has 0 spiro atoms. The average molecular weight is 1170 g/mol. The normalized spacial score (nSPS) is 17.9. The Bertz CT molecular complexity index is 1670. The highest BCUT2D eigenvalue weighted by molar-refractivity contribution is 5.74. The zero-order valence-electron chi connectivity index (χ0n) is 53.2. The number of carbonyl (C=O) groups excluding carboxylic acids is 3. The molecule has 3 N–H and O–H groups in total. The second kappa shape index (κ2) is 58.8. The van der Waals surface area contributed by atoms with E-state index in [1.54, 1.807) is 0 Å². The fourth-order valence-electron chi connectivity index (χ4n) is 10.4. The molecule has 0 radical (unpaired) electrons. The van der Waals surface area contributed by atoms with Gasteiger partial charge in [-0.2, -0.15) is 0 Å². The summed E-state index contributed by atoms with van der Waals surface area (Å²) in [5.41, 5.74) is 0. The van der Waals surface area contributed by atoms with Crippen molar-refractivity contribution in [1.29, 1.82) is 0 Å². The van der Waals surface area contributed by atoms with Crippen LogP contribution < -0.4 is 0 Å². The molecule has 0 bridgehead atoms. The van der Waals surface area contributed by atoms with E-state index in [1.807, 2.05) is 6.08 Å². The SMILES string of the molecule is CC/C=C\C/C=C\C/C=C\C/C=C\C/C=C\CCCC(=O)OC(COC(=O)CCCCCCCCCCCCCCCCCCCCC)COC1OC(C(=O)O)C(O)C(O)C1OC(=O)CCCCCCCCCCCCCCCCCCC. The fourth-order valence-corrected chi connectivity index (χ4v) is 10.4. The monoisotopic (exact) mass is 1170 g/mol. The number of hydrogen-bond donors (Lipinski definition) is 3. The summed E-state index contributed by atoms with van der Waals surface area (Å²) < 4.78 is 28.5. The lowest BCUT2D eigenvalue weighted by atomic mass is 9.98. The first-order chi connectivity index (χ1) is 40.6. The Labute approximate surface area is 506 Å². The maximum absolute atomic E-state index is 13.2. The second-order valence-electron chi connectivity index (χ2n) is 23.4. The van der Waals surface area contributed by atoms with Crippen LogP contribution in [-0.2, 0) is 42.9 Å². The molecule has 0 amide bonds. The van der Waals surface area contributed by atoms with E-state index < -0.39 is 67.3 Å². The molecule has 1 aliphatic rings. The number of hydrogen-bond acceptors (Lipinski definition) is 11. The molecule has 0 aromatic rings. The Morgan fingerprint density at radius 3 is 1.14 bits per heavy atom. The molecular formula is C71H124O12. The number of unbranched alkanes of at least 4 members (excludes halogenated alkanes) is 35. The number of carbonyl (C=O) groups is 4. The van der Waals surface area contributed by atoms with Gasteiger partial charge in [-0.25, -0.2) is 4.79 Å². The Kier molecular flexibility index (Phi) is 54.8. The van der Waals surface area contributed by atoms with Crippen molar-refractivity contribution in [3.63, 3.8) is 0 Å². The summed E-state index contributed by atoms with van der Waals surface area (Å²) >= 11 is 0. The summed E-state index contributed by atoms with van der Waals surface area (Å²) in [6.45, 7) is 5.90. The Morgan fingerprint density at radius 2 is 0.759 bits per heavy atom. The molecule has 1 heterocycles. The van der Waals surface area contributed by atoms with Gasteiger partial charge in [0.2, 0.25) is 0 Å². The van der Waals surface area contributed by atoms with Gasteiger partial charge >= 0.3 is 23.9 Å². The van der Waals surface area contributed by atoms with Crippen LogP contribution in [0.15, 0.2) is 60.8 Å². The van der Waals surface area contributed by atoms with Crippen molar-refractivity contribution in [3.8, 4) is 0 Å². The topological polar surface area (TPSA) is 175 Å². The van der Waals surface area contributed by atoms with E-state index in [0.29, 0.717) is 25.7 Å². The molecule has 1 fully saturated rings. The molecule has 480 valence electrons. The minimum atomic E-state index is -1.91. The number of aliphatic hydroxyl groups is 2. The molecule has 0 saturated carbocycles. The standard InChI is InChI=1S/C71H124O12/c1-4-7-10-13-16-19-22-25-28-31-32-35-36-39-42-45-48-51-54-57-63(72)79-60-62(81-64(73)58-55-52-49-46-43-40-37-33-29-26-23-20-17-14-11-8-5-2)61-80-71-69(67(76)66(75)68(83-71)70(77)78)82-65(74)59-56-53-50-47-44-41-38-34-30-27-24-21-18-15-12-9-6-3/h8,11,17,20,26,29,37,40,46,49,62,66-69,71,75-76H,4-7,9-10,12-16,18-19,21-25,27-28,30-36,38-39,41-45,47-48,50-61H2,1-3H3,(H,77,78)/b11-8-,20-17-,29-26-,40-37-,49-46-. The third-order valence-corrected chi connectivity index (χ3v) is 15.6. The van der Waals surface area contributed by atoms with E-state index in [9.17, 15) is 34.5 Å². The van der Waals surface area contributed by atoms with Gasteiger partial charge in [0.05, 0.1) is 6.61 Å². The molecule has 12 nitrogen and oxygen atoms in total. The predicted octanol–water partition coefficient (Wildman–Crippen LogP) is 18.7. The molecule has 0 aromatic heterocycles. The maximum atomic E-state index is 13.2. The number of allylic oxidation sites excluding steroid dienone is 10. The first-order valence-corrected chi connectivity index (χ1v) is 34.3. The number of carboxylic acids is 1. The van der Waals surface area contributed by atoms with Gasteiger partial charge < -0.3 is 39.0 Å². The summed E-state index contributed by atoms with van der Waals surface area (Å²) in [5, 5.41) is 31.6. The first kappa shape index (κ1) is 77.4. The van der Waals surface area contributed by atoms with Gasteiger partial charge in [-0.1, -0.05) is 300 Å². The minimum absolute atomic E-state index is 0.0579. The highest BCUT2D eigenvalue weighted by Gasteiger charge is 2.50. The summed E-state index contributed by atoms with van der Waals surface area (Å²) in [6, 6.07) is 0. The van der Waals surface area contributed by atoms with Crippen molar-refractivity contribution in [2.45, 2.75) is 353 Å². The number of ether oxygens (including phenoxy) is 5. The third-order valence-electron chi connectivity index (χ3n) is 15.6. The zero-order valence-corrected chi connectivity index (χ0v) is 53.2. The van der Waals surface area contributed by atoms with Gasteiger partial charge in [0.15, 0.2) is 24.6 Å². The number of rotatable bonds is 59. The predicted molar refractivity (Wildman–Crippen MR) is 340 cm³/mol. The lowest BCUT2D eigenvalue weighted by Gasteiger charge is -2.40. The van der Waals surface area contributed by atoms with Crippen LogP contribution in [-0.4, -0.2) is 89.2 Å². The van der Waals surface area contributed by atoms with Gasteiger partial charge in [0.25, 0.3) is 0 Å². The van der Waals surface area contributed by atoms with Crippen LogP contribution in [0.2, 0.25) is 0 Å². The molecule has 0 aromatic carbocycles. The number of aliphatic carboxylic acids is 1. The summed E-state index contributed by atoms with van der Waals surface area (Å²) in [6.07, 6.45) is 61.9. The minimum Gasteiger partial charge on any atom is -0.479 e. The second-order valence-corrected chi connectivity index (χ2v) is 23.4. The van der Waals surface area contributed by atoms with Crippen LogP contribution in [0.25, 0.3) is 0 Å². The Balaban J connectivity index is 2.66. The van der Waals surface area contributed by atoms with Crippen molar-refractivity contribution in [1.82, 2.24) is 0 Å². The van der Waals surface area contributed by atoms with E-state index in [-0.39, 0.29) is 25.9 Å². The highest BCUT2D eigenvalue weighted by atomic mass is 16.7. The maximum Gasteiger partial charge on any atom is 0.335 e. The van der Waals surface area contributed by atoms with Crippen LogP contribution in [0.3, 0.4) is 0 Å². The zero-order chi connectivity index (χ0) is 60.3. The van der Waals surface area contributed by atoms with Crippen LogP contribution in [0.5, 0.6) is 0 Å². The largest absolute Gasteiger partial charge is 0.479 e. The van der Waals surface area contributed by atoms with Crippen molar-refractivity contribution >= 4 is 23.9 Å². The van der Waals surface area contributed by atoms with E-state index in [1.165, 1.54) is 173 Å². The van der Waals surface area contributed by atoms with Crippen molar-refractivity contribution < 1.29 is 58.2 Å². The van der Waals surface area contributed by atoms with Gasteiger partial charge in [-0.15, -0.1) is 0 Å². The Hall–Kier alpha value is -3.58. The average Bonchev–Trinajstić information content (AvgIpc) is 3.59. The number of esters is 3. The fraction of sp³-hybridized carbons (Fsp3) is 0.803. The first-order valence-electron chi connectivity index (χ1n) is 34.3. The highest BCUT2D eigenvalue weighted by Crippen LogP contribution is 2.27. The van der Waals surface area contributed by atoms with E-state index in [2.05, 4.69) is 75.5 Å². The number of carboxylic acid groups (broad SMARTS) is 1. The van der Waals surface area contributed by atoms with Gasteiger partial charge in [-0.05, 0) is 57.8 Å².